The van der Waals surface area contributed by atoms with Crippen molar-refractivity contribution in [3.05, 3.63) is 54.1 Å². The van der Waals surface area contributed by atoms with Gasteiger partial charge in [-0.15, -0.1) is 0 Å². The van der Waals surface area contributed by atoms with Crippen LogP contribution < -0.4 is 10.1 Å². The van der Waals surface area contributed by atoms with Gasteiger partial charge in [0.25, 0.3) is 0 Å². The summed E-state index contributed by atoms with van der Waals surface area (Å²) in [6.45, 7) is 6.41. The lowest BCUT2D eigenvalue weighted by Gasteiger charge is -2.33. The Morgan fingerprint density at radius 2 is 1.66 bits per heavy atom. The van der Waals surface area contributed by atoms with Gasteiger partial charge in [0.05, 0.1) is 18.0 Å². The molecule has 0 bridgehead atoms. The highest BCUT2D eigenvalue weighted by molar-refractivity contribution is 7.89. The third-order valence-corrected chi connectivity index (χ3v) is 7.80. The standard InChI is InChI=1S/C25H34N2O4S/c1-4-31-23-14-16-24(17-15-23)32(29,30)27(22-8-6-5-7-9-22)18-25(28)26-21-12-10-20(11-13-21)19(2)3/h10-17,19,22H,4-9,18H2,1-3H3,(H,26,28). The zero-order valence-corrected chi connectivity index (χ0v) is 20.0. The quantitative estimate of drug-likeness (QED) is 0.562. The van der Waals surface area contributed by atoms with Gasteiger partial charge >= 0.3 is 0 Å². The van der Waals surface area contributed by atoms with Gasteiger partial charge in [-0.1, -0.05) is 45.2 Å². The fourth-order valence-electron chi connectivity index (χ4n) is 4.08. The maximum atomic E-state index is 13.5. The molecule has 0 radical (unpaired) electrons. The van der Waals surface area contributed by atoms with Crippen LogP contribution in [0.4, 0.5) is 5.69 Å². The number of ether oxygens (including phenoxy) is 1. The monoisotopic (exact) mass is 458 g/mol. The lowest BCUT2D eigenvalue weighted by atomic mass is 9.95. The summed E-state index contributed by atoms with van der Waals surface area (Å²) in [6, 6.07) is 13.9. The van der Waals surface area contributed by atoms with Gasteiger partial charge in [-0.3, -0.25) is 4.79 Å². The minimum Gasteiger partial charge on any atom is -0.494 e. The summed E-state index contributed by atoms with van der Waals surface area (Å²) in [5, 5.41) is 2.86. The van der Waals surface area contributed by atoms with Gasteiger partial charge in [0, 0.05) is 11.7 Å². The van der Waals surface area contributed by atoms with Crippen LogP contribution in [0.3, 0.4) is 0 Å². The van der Waals surface area contributed by atoms with Crippen molar-refractivity contribution in [3.8, 4) is 5.75 Å². The van der Waals surface area contributed by atoms with Gasteiger partial charge in [0.1, 0.15) is 5.75 Å². The molecule has 0 heterocycles. The summed E-state index contributed by atoms with van der Waals surface area (Å²) in [7, 11) is -3.82. The van der Waals surface area contributed by atoms with E-state index < -0.39 is 10.0 Å². The zero-order valence-electron chi connectivity index (χ0n) is 19.2. The second kappa shape index (κ2) is 11.0. The molecule has 0 atom stereocenters. The number of rotatable bonds is 9. The largest absolute Gasteiger partial charge is 0.494 e. The number of amides is 1. The third-order valence-electron chi connectivity index (χ3n) is 5.88. The third kappa shape index (κ3) is 6.11. The van der Waals surface area contributed by atoms with Crippen LogP contribution in [0.15, 0.2) is 53.4 Å². The van der Waals surface area contributed by atoms with Gasteiger partial charge in [0.2, 0.25) is 15.9 Å². The molecule has 0 saturated heterocycles. The minimum atomic E-state index is -3.82. The molecule has 1 amide bonds. The Labute approximate surface area is 192 Å². The van der Waals surface area contributed by atoms with Crippen molar-refractivity contribution in [1.82, 2.24) is 4.31 Å². The van der Waals surface area contributed by atoms with Crippen LogP contribution in [-0.4, -0.2) is 37.8 Å². The van der Waals surface area contributed by atoms with E-state index in [4.69, 9.17) is 4.74 Å². The molecule has 1 fully saturated rings. The molecule has 174 valence electrons. The first-order valence-electron chi connectivity index (χ1n) is 11.5. The molecule has 1 N–H and O–H groups in total. The average molecular weight is 459 g/mol. The van der Waals surface area contributed by atoms with Crippen LogP contribution in [0.25, 0.3) is 0 Å². The van der Waals surface area contributed by atoms with E-state index in [1.807, 2.05) is 31.2 Å². The Bertz CT molecular complexity index is 980. The maximum Gasteiger partial charge on any atom is 0.243 e. The molecular weight excluding hydrogens is 424 g/mol. The number of carbonyl (C=O) groups is 1. The van der Waals surface area contributed by atoms with Crippen molar-refractivity contribution in [1.29, 1.82) is 0 Å². The summed E-state index contributed by atoms with van der Waals surface area (Å²) in [5.74, 6) is 0.696. The summed E-state index contributed by atoms with van der Waals surface area (Å²) in [4.78, 5) is 13.0. The number of hydrogen-bond donors (Lipinski definition) is 1. The van der Waals surface area contributed by atoms with E-state index in [1.54, 1.807) is 24.3 Å². The Kier molecular flexibility index (Phi) is 8.32. The SMILES string of the molecule is CCOc1ccc(S(=O)(=O)N(CC(=O)Nc2ccc(C(C)C)cc2)C2CCCCC2)cc1. The van der Waals surface area contributed by atoms with Crippen LogP contribution >= 0.6 is 0 Å². The van der Waals surface area contributed by atoms with E-state index in [1.165, 1.54) is 9.87 Å². The van der Waals surface area contributed by atoms with E-state index >= 15 is 0 Å². The van der Waals surface area contributed by atoms with Crippen molar-refractivity contribution >= 4 is 21.6 Å². The highest BCUT2D eigenvalue weighted by Gasteiger charge is 2.34. The first-order valence-corrected chi connectivity index (χ1v) is 12.9. The highest BCUT2D eigenvalue weighted by atomic mass is 32.2. The number of sulfonamides is 1. The molecule has 3 rings (SSSR count). The molecule has 0 aromatic heterocycles. The highest BCUT2D eigenvalue weighted by Crippen LogP contribution is 2.29. The van der Waals surface area contributed by atoms with Gasteiger partial charge in [-0.2, -0.15) is 4.31 Å². The zero-order chi connectivity index (χ0) is 23.1. The number of nitrogens with zero attached hydrogens (tertiary/aromatic N) is 1. The number of hydrogen-bond acceptors (Lipinski definition) is 4. The van der Waals surface area contributed by atoms with Gasteiger partial charge < -0.3 is 10.1 Å². The van der Waals surface area contributed by atoms with Crippen molar-refractivity contribution < 1.29 is 17.9 Å². The Morgan fingerprint density at radius 1 is 1.03 bits per heavy atom. The average Bonchev–Trinajstić information content (AvgIpc) is 2.79. The van der Waals surface area contributed by atoms with E-state index in [0.29, 0.717) is 24.0 Å². The topological polar surface area (TPSA) is 75.7 Å². The Hall–Kier alpha value is -2.38. The molecule has 6 nitrogen and oxygen atoms in total. The number of carbonyl (C=O) groups excluding carboxylic acids is 1. The molecule has 1 aliphatic rings. The van der Waals surface area contributed by atoms with E-state index in [-0.39, 0.29) is 23.4 Å². The van der Waals surface area contributed by atoms with Crippen molar-refractivity contribution in [2.45, 2.75) is 69.7 Å². The number of benzene rings is 2. The van der Waals surface area contributed by atoms with E-state index in [0.717, 1.165) is 32.1 Å². The van der Waals surface area contributed by atoms with E-state index in [9.17, 15) is 13.2 Å². The number of anilines is 1. The summed E-state index contributed by atoms with van der Waals surface area (Å²) >= 11 is 0. The first-order chi connectivity index (χ1) is 15.3. The number of nitrogens with one attached hydrogen (secondary N) is 1. The molecule has 0 aliphatic heterocycles. The smallest absolute Gasteiger partial charge is 0.243 e. The molecule has 0 unspecified atom stereocenters. The summed E-state index contributed by atoms with van der Waals surface area (Å²) < 4.78 is 33.8. The summed E-state index contributed by atoms with van der Waals surface area (Å²) in [6.07, 6.45) is 4.58. The molecule has 0 spiro atoms. The van der Waals surface area contributed by atoms with Gasteiger partial charge in [-0.05, 0) is 67.6 Å². The van der Waals surface area contributed by atoms with Gasteiger partial charge in [-0.25, -0.2) is 8.42 Å². The lowest BCUT2D eigenvalue weighted by molar-refractivity contribution is -0.116. The van der Waals surface area contributed by atoms with E-state index in [2.05, 4.69) is 19.2 Å². The van der Waals surface area contributed by atoms with Crippen molar-refractivity contribution in [3.63, 3.8) is 0 Å². The molecule has 2 aromatic rings. The fourth-order valence-corrected chi connectivity index (χ4v) is 5.72. The normalized spacial score (nSPS) is 15.2. The lowest BCUT2D eigenvalue weighted by Crippen LogP contribution is -2.45. The molecule has 1 saturated carbocycles. The van der Waals surface area contributed by atoms with Crippen LogP contribution in [0.5, 0.6) is 5.75 Å². The second-order valence-electron chi connectivity index (χ2n) is 8.57. The van der Waals surface area contributed by atoms with Gasteiger partial charge in [0.15, 0.2) is 0 Å². The first kappa shape index (κ1) is 24.3. The Balaban J connectivity index is 1.79. The molecule has 1 aliphatic carbocycles. The van der Waals surface area contributed by atoms with Crippen molar-refractivity contribution in [2.24, 2.45) is 0 Å². The van der Waals surface area contributed by atoms with Crippen LogP contribution in [0, 0.1) is 0 Å². The predicted molar refractivity (Wildman–Crippen MR) is 128 cm³/mol. The molecule has 2 aromatic carbocycles. The second-order valence-corrected chi connectivity index (χ2v) is 10.5. The molecule has 32 heavy (non-hydrogen) atoms. The minimum absolute atomic E-state index is 0.172. The predicted octanol–water partition coefficient (Wildman–Crippen LogP) is 5.17. The molecule has 7 heteroatoms. The Morgan fingerprint density at radius 3 is 2.22 bits per heavy atom. The van der Waals surface area contributed by atoms with Crippen LogP contribution in [-0.2, 0) is 14.8 Å². The maximum absolute atomic E-state index is 13.5. The molecular formula is C25H34N2O4S. The van der Waals surface area contributed by atoms with Crippen LogP contribution in [0.1, 0.15) is 64.4 Å². The fraction of sp³-hybridized carbons (Fsp3) is 0.480. The summed E-state index contributed by atoms with van der Waals surface area (Å²) in [5.41, 5.74) is 1.85. The van der Waals surface area contributed by atoms with Crippen molar-refractivity contribution in [2.75, 3.05) is 18.5 Å². The van der Waals surface area contributed by atoms with Crippen LogP contribution in [0.2, 0.25) is 0 Å².